The largest absolute Gasteiger partial charge is 0.342 e. The number of carbonyl (C=O) groups excluding carboxylic acids is 2. The Bertz CT molecular complexity index is 433. The summed E-state index contributed by atoms with van der Waals surface area (Å²) in [7, 11) is 0. The zero-order chi connectivity index (χ0) is 15.4. The quantitative estimate of drug-likeness (QED) is 0.804. The van der Waals surface area contributed by atoms with Gasteiger partial charge in [0.15, 0.2) is 0 Å². The Kier molecular flexibility index (Phi) is 5.27. The Hall–Kier alpha value is -1.50. The van der Waals surface area contributed by atoms with E-state index >= 15 is 0 Å². The first-order valence-corrected chi connectivity index (χ1v) is 8.10. The van der Waals surface area contributed by atoms with Crippen LogP contribution in [0.3, 0.4) is 0 Å². The van der Waals surface area contributed by atoms with Crippen LogP contribution in [0, 0.1) is 24.2 Å². The molecule has 1 aliphatic carbocycles. The molecule has 21 heavy (non-hydrogen) atoms. The third-order valence-corrected chi connectivity index (χ3v) is 4.70. The molecule has 0 aromatic carbocycles. The van der Waals surface area contributed by atoms with Gasteiger partial charge in [-0.2, -0.15) is 0 Å². The Morgan fingerprint density at radius 2 is 1.95 bits per heavy atom. The van der Waals surface area contributed by atoms with Crippen molar-refractivity contribution in [2.45, 2.75) is 64.5 Å². The predicted octanol–water partition coefficient (Wildman–Crippen LogP) is 1.94. The average molecular weight is 290 g/mol. The molecule has 2 atom stereocenters. The molecule has 2 aliphatic rings. The molecule has 1 saturated heterocycles. The van der Waals surface area contributed by atoms with Crippen LogP contribution in [0.4, 0.5) is 0 Å². The standard InChI is InChI=1S/C17H26N2O2/c1-4-5-11-19-15(12(2)3)16(20)18-14(17(19)21)13-9-7-6-8-10-13/h1,12-15H,5-11H2,2-3H3,(H,18,20). The summed E-state index contributed by atoms with van der Waals surface area (Å²) in [4.78, 5) is 27.0. The van der Waals surface area contributed by atoms with Crippen molar-refractivity contribution < 1.29 is 9.59 Å². The van der Waals surface area contributed by atoms with E-state index in [1.807, 2.05) is 13.8 Å². The van der Waals surface area contributed by atoms with E-state index in [9.17, 15) is 9.59 Å². The van der Waals surface area contributed by atoms with E-state index in [1.165, 1.54) is 6.42 Å². The van der Waals surface area contributed by atoms with Crippen molar-refractivity contribution in [3.8, 4) is 12.3 Å². The fourth-order valence-corrected chi connectivity index (χ4v) is 3.64. The van der Waals surface area contributed by atoms with Gasteiger partial charge < -0.3 is 10.2 Å². The third-order valence-electron chi connectivity index (χ3n) is 4.70. The lowest BCUT2D eigenvalue weighted by Crippen LogP contribution is -2.66. The van der Waals surface area contributed by atoms with Crippen LogP contribution in [0.5, 0.6) is 0 Å². The lowest BCUT2D eigenvalue weighted by atomic mass is 9.81. The second-order valence-electron chi connectivity index (χ2n) is 6.56. The number of piperazine rings is 1. The highest BCUT2D eigenvalue weighted by molar-refractivity contribution is 5.97. The van der Waals surface area contributed by atoms with Crippen molar-refractivity contribution >= 4 is 11.8 Å². The third kappa shape index (κ3) is 3.40. The van der Waals surface area contributed by atoms with Crippen molar-refractivity contribution in [2.75, 3.05) is 6.54 Å². The average Bonchev–Trinajstić information content (AvgIpc) is 2.48. The molecular formula is C17H26N2O2. The number of hydrogen-bond acceptors (Lipinski definition) is 2. The van der Waals surface area contributed by atoms with E-state index in [0.29, 0.717) is 13.0 Å². The van der Waals surface area contributed by atoms with Gasteiger partial charge >= 0.3 is 0 Å². The van der Waals surface area contributed by atoms with E-state index in [1.54, 1.807) is 4.90 Å². The van der Waals surface area contributed by atoms with E-state index in [4.69, 9.17) is 6.42 Å². The predicted molar refractivity (Wildman–Crippen MR) is 82.3 cm³/mol. The van der Waals surface area contributed by atoms with E-state index in [2.05, 4.69) is 11.2 Å². The molecule has 4 nitrogen and oxygen atoms in total. The summed E-state index contributed by atoms with van der Waals surface area (Å²) < 4.78 is 0. The van der Waals surface area contributed by atoms with E-state index in [0.717, 1.165) is 25.7 Å². The number of amides is 2. The molecule has 1 N–H and O–H groups in total. The first-order chi connectivity index (χ1) is 10.1. The first-order valence-electron chi connectivity index (χ1n) is 8.10. The molecule has 116 valence electrons. The Morgan fingerprint density at radius 3 is 2.52 bits per heavy atom. The highest BCUT2D eigenvalue weighted by Crippen LogP contribution is 2.30. The monoisotopic (exact) mass is 290 g/mol. The Balaban J connectivity index is 2.17. The summed E-state index contributed by atoms with van der Waals surface area (Å²) >= 11 is 0. The summed E-state index contributed by atoms with van der Waals surface area (Å²) in [5.74, 6) is 3.01. The molecule has 1 aliphatic heterocycles. The van der Waals surface area contributed by atoms with Crippen molar-refractivity contribution in [3.63, 3.8) is 0 Å². The highest BCUT2D eigenvalue weighted by Gasteiger charge is 2.44. The van der Waals surface area contributed by atoms with Crippen molar-refractivity contribution in [3.05, 3.63) is 0 Å². The van der Waals surface area contributed by atoms with Gasteiger partial charge in [0.05, 0.1) is 0 Å². The summed E-state index contributed by atoms with van der Waals surface area (Å²) in [6.07, 6.45) is 11.5. The molecule has 4 heteroatoms. The lowest BCUT2D eigenvalue weighted by molar-refractivity contribution is -0.153. The summed E-state index contributed by atoms with van der Waals surface area (Å²) in [6, 6.07) is -0.726. The molecular weight excluding hydrogens is 264 g/mol. The molecule has 0 radical (unpaired) electrons. The minimum atomic E-state index is -0.384. The van der Waals surface area contributed by atoms with E-state index in [-0.39, 0.29) is 35.7 Å². The van der Waals surface area contributed by atoms with Crippen LogP contribution < -0.4 is 5.32 Å². The molecule has 0 spiro atoms. The Morgan fingerprint density at radius 1 is 1.29 bits per heavy atom. The molecule has 2 unspecified atom stereocenters. The Labute approximate surface area is 127 Å². The van der Waals surface area contributed by atoms with Gasteiger partial charge in [-0.1, -0.05) is 33.1 Å². The number of hydrogen-bond donors (Lipinski definition) is 1. The number of rotatable bonds is 4. The fraction of sp³-hybridized carbons (Fsp3) is 0.765. The lowest BCUT2D eigenvalue weighted by Gasteiger charge is -2.43. The first kappa shape index (κ1) is 15.9. The molecule has 0 bridgehead atoms. The molecule has 2 amide bonds. The normalized spacial score (nSPS) is 27.6. The van der Waals surface area contributed by atoms with Crippen LogP contribution >= 0.6 is 0 Å². The van der Waals surface area contributed by atoms with Gasteiger partial charge in [-0.05, 0) is 24.7 Å². The summed E-state index contributed by atoms with van der Waals surface area (Å²) in [5, 5.41) is 2.99. The smallest absolute Gasteiger partial charge is 0.246 e. The second kappa shape index (κ2) is 6.98. The van der Waals surface area contributed by atoms with Gasteiger partial charge in [-0.25, -0.2) is 0 Å². The van der Waals surface area contributed by atoms with Crippen LogP contribution in [0.15, 0.2) is 0 Å². The topological polar surface area (TPSA) is 49.4 Å². The maximum atomic E-state index is 12.8. The van der Waals surface area contributed by atoms with Crippen LogP contribution in [0.25, 0.3) is 0 Å². The van der Waals surface area contributed by atoms with Crippen LogP contribution in [0.1, 0.15) is 52.4 Å². The SMILES string of the molecule is C#CCCN1C(=O)C(C2CCCCC2)NC(=O)C1C(C)C. The zero-order valence-corrected chi connectivity index (χ0v) is 13.1. The van der Waals surface area contributed by atoms with Crippen molar-refractivity contribution in [2.24, 2.45) is 11.8 Å². The van der Waals surface area contributed by atoms with Gasteiger partial charge in [0, 0.05) is 13.0 Å². The molecule has 1 saturated carbocycles. The maximum Gasteiger partial charge on any atom is 0.246 e. The summed E-state index contributed by atoms with van der Waals surface area (Å²) in [5.41, 5.74) is 0. The second-order valence-corrected chi connectivity index (χ2v) is 6.56. The van der Waals surface area contributed by atoms with Crippen molar-refractivity contribution in [1.29, 1.82) is 0 Å². The van der Waals surface area contributed by atoms with E-state index < -0.39 is 0 Å². The van der Waals surface area contributed by atoms with Crippen LogP contribution in [-0.2, 0) is 9.59 Å². The van der Waals surface area contributed by atoms with Gasteiger partial charge in [-0.3, -0.25) is 9.59 Å². The van der Waals surface area contributed by atoms with Crippen LogP contribution in [-0.4, -0.2) is 35.3 Å². The van der Waals surface area contributed by atoms with Gasteiger partial charge in [0.25, 0.3) is 0 Å². The fourth-order valence-electron chi connectivity index (χ4n) is 3.64. The highest BCUT2D eigenvalue weighted by atomic mass is 16.2. The number of nitrogens with zero attached hydrogens (tertiary/aromatic N) is 1. The molecule has 2 fully saturated rings. The van der Waals surface area contributed by atoms with Gasteiger partial charge in [0.1, 0.15) is 12.1 Å². The number of nitrogens with one attached hydrogen (secondary N) is 1. The van der Waals surface area contributed by atoms with Crippen molar-refractivity contribution in [1.82, 2.24) is 10.2 Å². The molecule has 0 aromatic heterocycles. The molecule has 0 aromatic rings. The van der Waals surface area contributed by atoms with Gasteiger partial charge in [-0.15, -0.1) is 12.3 Å². The number of carbonyl (C=O) groups is 2. The summed E-state index contributed by atoms with van der Waals surface area (Å²) in [6.45, 7) is 4.43. The van der Waals surface area contributed by atoms with Crippen LogP contribution in [0.2, 0.25) is 0 Å². The molecule has 1 heterocycles. The maximum absolute atomic E-state index is 12.8. The molecule has 2 rings (SSSR count). The minimum absolute atomic E-state index is 0.0165. The van der Waals surface area contributed by atoms with Gasteiger partial charge in [0.2, 0.25) is 11.8 Å². The number of terminal acetylenes is 1. The minimum Gasteiger partial charge on any atom is -0.342 e. The zero-order valence-electron chi connectivity index (χ0n) is 13.1.